The highest BCUT2D eigenvalue weighted by Crippen LogP contribution is 2.26. The molecule has 2 rings (SSSR count). The van der Waals surface area contributed by atoms with Gasteiger partial charge in [0, 0.05) is 19.1 Å². The maximum atomic E-state index is 12.0. The van der Waals surface area contributed by atoms with Crippen molar-refractivity contribution in [3.8, 4) is 0 Å². The van der Waals surface area contributed by atoms with Gasteiger partial charge in [0.15, 0.2) is 0 Å². The van der Waals surface area contributed by atoms with Gasteiger partial charge in [0.1, 0.15) is 6.26 Å². The van der Waals surface area contributed by atoms with Crippen LogP contribution >= 0.6 is 0 Å². The predicted octanol–water partition coefficient (Wildman–Crippen LogP) is 0.925. The molecule has 0 aliphatic carbocycles. The van der Waals surface area contributed by atoms with E-state index >= 15 is 0 Å². The molecule has 1 amide bonds. The first kappa shape index (κ1) is 15.1. The number of amides is 1. The zero-order chi connectivity index (χ0) is 14.9. The summed E-state index contributed by atoms with van der Waals surface area (Å²) >= 11 is 0. The Morgan fingerprint density at radius 2 is 2.15 bits per heavy atom. The zero-order valence-electron chi connectivity index (χ0n) is 11.9. The molecule has 0 radical (unpaired) electrons. The minimum absolute atomic E-state index is 0.112. The van der Waals surface area contributed by atoms with Gasteiger partial charge >= 0.3 is 0 Å². The number of hydrogen-bond acceptors (Lipinski definition) is 4. The van der Waals surface area contributed by atoms with Gasteiger partial charge in [0.25, 0.3) is 5.91 Å². The van der Waals surface area contributed by atoms with Crippen LogP contribution < -0.4 is 5.32 Å². The van der Waals surface area contributed by atoms with E-state index in [1.54, 1.807) is 6.07 Å². The van der Waals surface area contributed by atoms with Crippen molar-refractivity contribution < 1.29 is 17.6 Å². The molecule has 0 spiro atoms. The standard InChI is InChI=1S/C13H20N2O4S/c1-9(2)11-6-15(20(3,17)18)7-12(11)14-13(16)10-4-5-19-8-10/h4-5,8-9,11-12H,6-7H2,1-3H3,(H,14,16)/t11-,12+/m0/s1. The lowest BCUT2D eigenvalue weighted by atomic mass is 9.91. The molecular formula is C13H20N2O4S. The SMILES string of the molecule is CC(C)[C@@H]1CN(S(C)(=O)=O)C[C@H]1NC(=O)c1ccoc1. The van der Waals surface area contributed by atoms with Gasteiger partial charge in [0.05, 0.1) is 18.1 Å². The van der Waals surface area contributed by atoms with Crippen molar-refractivity contribution in [2.75, 3.05) is 19.3 Å². The Morgan fingerprint density at radius 1 is 1.45 bits per heavy atom. The number of rotatable bonds is 4. The molecule has 6 nitrogen and oxygen atoms in total. The van der Waals surface area contributed by atoms with E-state index in [-0.39, 0.29) is 23.8 Å². The highest BCUT2D eigenvalue weighted by atomic mass is 32.2. The lowest BCUT2D eigenvalue weighted by Gasteiger charge is -2.22. The quantitative estimate of drug-likeness (QED) is 0.897. The molecule has 7 heteroatoms. The molecular weight excluding hydrogens is 280 g/mol. The molecule has 0 aromatic carbocycles. The molecule has 112 valence electrons. The van der Waals surface area contributed by atoms with Crippen LogP contribution in [-0.2, 0) is 10.0 Å². The number of sulfonamides is 1. The summed E-state index contributed by atoms with van der Waals surface area (Å²) in [6, 6.07) is 1.41. The lowest BCUT2D eigenvalue weighted by Crippen LogP contribution is -2.42. The van der Waals surface area contributed by atoms with E-state index in [1.807, 2.05) is 13.8 Å². The predicted molar refractivity (Wildman–Crippen MR) is 74.7 cm³/mol. The van der Waals surface area contributed by atoms with Crippen LogP contribution in [0.25, 0.3) is 0 Å². The first-order chi connectivity index (χ1) is 9.29. The second-order valence-electron chi connectivity index (χ2n) is 5.58. The number of furan rings is 1. The third-order valence-corrected chi connectivity index (χ3v) is 4.99. The van der Waals surface area contributed by atoms with Crippen LogP contribution in [0.15, 0.2) is 23.0 Å². The second-order valence-corrected chi connectivity index (χ2v) is 7.56. The van der Waals surface area contributed by atoms with E-state index in [2.05, 4.69) is 5.32 Å². The van der Waals surface area contributed by atoms with Crippen LogP contribution in [0, 0.1) is 11.8 Å². The Bertz CT molecular complexity index is 565. The van der Waals surface area contributed by atoms with Gasteiger partial charge in [-0.1, -0.05) is 13.8 Å². The van der Waals surface area contributed by atoms with Gasteiger partial charge in [-0.05, 0) is 17.9 Å². The lowest BCUT2D eigenvalue weighted by molar-refractivity contribution is 0.0925. The smallest absolute Gasteiger partial charge is 0.254 e. The fourth-order valence-electron chi connectivity index (χ4n) is 2.54. The van der Waals surface area contributed by atoms with Crippen LogP contribution in [0.4, 0.5) is 0 Å². The highest BCUT2D eigenvalue weighted by molar-refractivity contribution is 7.88. The topological polar surface area (TPSA) is 79.6 Å². The summed E-state index contributed by atoms with van der Waals surface area (Å²) < 4.78 is 29.6. The van der Waals surface area contributed by atoms with E-state index in [1.165, 1.54) is 23.1 Å². The fraction of sp³-hybridized carbons (Fsp3) is 0.615. The summed E-state index contributed by atoms with van der Waals surface area (Å²) in [6.07, 6.45) is 4.01. The van der Waals surface area contributed by atoms with E-state index < -0.39 is 10.0 Å². The first-order valence-electron chi connectivity index (χ1n) is 6.57. The summed E-state index contributed by atoms with van der Waals surface area (Å²) in [5, 5.41) is 2.91. The first-order valence-corrected chi connectivity index (χ1v) is 8.42. The summed E-state index contributed by atoms with van der Waals surface area (Å²) in [6.45, 7) is 4.85. The molecule has 1 aliphatic heterocycles. The van der Waals surface area contributed by atoms with E-state index in [9.17, 15) is 13.2 Å². The van der Waals surface area contributed by atoms with E-state index in [0.717, 1.165) is 0 Å². The number of nitrogens with zero attached hydrogens (tertiary/aromatic N) is 1. The fourth-order valence-corrected chi connectivity index (χ4v) is 3.41. The van der Waals surface area contributed by atoms with Gasteiger partial charge in [0.2, 0.25) is 10.0 Å². The molecule has 1 saturated heterocycles. The van der Waals surface area contributed by atoms with Crippen LogP contribution in [0.5, 0.6) is 0 Å². The van der Waals surface area contributed by atoms with Gasteiger partial charge < -0.3 is 9.73 Å². The normalized spacial score (nSPS) is 24.2. The van der Waals surface area contributed by atoms with Crippen LogP contribution in [0.1, 0.15) is 24.2 Å². The van der Waals surface area contributed by atoms with Crippen molar-refractivity contribution in [2.24, 2.45) is 11.8 Å². The van der Waals surface area contributed by atoms with Crippen molar-refractivity contribution in [1.29, 1.82) is 0 Å². The molecule has 1 aromatic heterocycles. The number of carbonyl (C=O) groups excluding carboxylic acids is 1. The third-order valence-electron chi connectivity index (χ3n) is 3.76. The number of carbonyl (C=O) groups is 1. The van der Waals surface area contributed by atoms with E-state index in [0.29, 0.717) is 18.7 Å². The Balaban J connectivity index is 2.11. The number of hydrogen-bond donors (Lipinski definition) is 1. The Kier molecular flexibility index (Phi) is 4.19. The molecule has 2 atom stereocenters. The molecule has 0 bridgehead atoms. The third kappa shape index (κ3) is 3.21. The molecule has 1 fully saturated rings. The maximum Gasteiger partial charge on any atom is 0.254 e. The molecule has 1 aromatic rings. The minimum atomic E-state index is -3.23. The van der Waals surface area contributed by atoms with Crippen molar-refractivity contribution in [2.45, 2.75) is 19.9 Å². The zero-order valence-corrected chi connectivity index (χ0v) is 12.7. The average Bonchev–Trinajstić information content (AvgIpc) is 2.96. The Morgan fingerprint density at radius 3 is 2.65 bits per heavy atom. The second kappa shape index (κ2) is 5.57. The molecule has 0 saturated carbocycles. The van der Waals surface area contributed by atoms with E-state index in [4.69, 9.17) is 4.42 Å². The van der Waals surface area contributed by atoms with Crippen molar-refractivity contribution in [1.82, 2.24) is 9.62 Å². The highest BCUT2D eigenvalue weighted by Gasteiger charge is 2.39. The average molecular weight is 300 g/mol. The maximum absolute atomic E-state index is 12.0. The van der Waals surface area contributed by atoms with Crippen molar-refractivity contribution >= 4 is 15.9 Å². The summed E-state index contributed by atoms with van der Waals surface area (Å²) in [7, 11) is -3.23. The van der Waals surface area contributed by atoms with Crippen LogP contribution in [-0.4, -0.2) is 44.0 Å². The molecule has 1 N–H and O–H groups in total. The Hall–Kier alpha value is -1.34. The monoisotopic (exact) mass is 300 g/mol. The Labute approximate surface area is 119 Å². The van der Waals surface area contributed by atoms with Gasteiger partial charge in [-0.15, -0.1) is 0 Å². The summed E-state index contributed by atoms with van der Waals surface area (Å²) in [5.74, 6) is 0.168. The minimum Gasteiger partial charge on any atom is -0.472 e. The van der Waals surface area contributed by atoms with Gasteiger partial charge in [-0.25, -0.2) is 8.42 Å². The van der Waals surface area contributed by atoms with Gasteiger partial charge in [-0.2, -0.15) is 4.31 Å². The molecule has 20 heavy (non-hydrogen) atoms. The largest absolute Gasteiger partial charge is 0.472 e. The van der Waals surface area contributed by atoms with Crippen molar-refractivity contribution in [3.05, 3.63) is 24.2 Å². The molecule has 2 heterocycles. The van der Waals surface area contributed by atoms with Crippen LogP contribution in [0.2, 0.25) is 0 Å². The van der Waals surface area contributed by atoms with Crippen molar-refractivity contribution in [3.63, 3.8) is 0 Å². The molecule has 1 aliphatic rings. The summed E-state index contributed by atoms with van der Waals surface area (Å²) in [5.41, 5.74) is 0.449. The summed E-state index contributed by atoms with van der Waals surface area (Å²) in [4.78, 5) is 12.0. The van der Waals surface area contributed by atoms with Gasteiger partial charge in [-0.3, -0.25) is 4.79 Å². The molecule has 0 unspecified atom stereocenters. The van der Waals surface area contributed by atoms with Crippen LogP contribution in [0.3, 0.4) is 0 Å². The number of nitrogens with one attached hydrogen (secondary N) is 1.